The largest absolute Gasteiger partial charge is 0.153 e. The Kier molecular flexibility index (Phi) is 5.64. The smallest absolute Gasteiger partial charge is 0.115 e. The van der Waals surface area contributed by atoms with Crippen LogP contribution in [0.15, 0.2) is 0 Å². The van der Waals surface area contributed by atoms with Crippen molar-refractivity contribution in [2.45, 2.75) is 32.9 Å². The molecule has 0 rings (SSSR count). The van der Waals surface area contributed by atoms with Crippen LogP contribution in [0.1, 0.15) is 27.7 Å². The molecule has 0 aliphatic carbocycles. The van der Waals surface area contributed by atoms with Crippen molar-refractivity contribution in [2.75, 3.05) is 0 Å². The second-order valence-electron chi connectivity index (χ2n) is 2.97. The predicted molar refractivity (Wildman–Crippen MR) is 49.8 cm³/mol. The van der Waals surface area contributed by atoms with Crippen molar-refractivity contribution >= 4 is 22.0 Å². The van der Waals surface area contributed by atoms with Gasteiger partial charge >= 0.3 is 0 Å². The Morgan fingerprint density at radius 3 is 1.90 bits per heavy atom. The van der Waals surface area contributed by atoms with Crippen LogP contribution in [-0.4, -0.2) is 5.25 Å². The van der Waals surface area contributed by atoms with Gasteiger partial charge in [0.25, 0.3) is 0 Å². The van der Waals surface area contributed by atoms with Gasteiger partial charge in [-0.05, 0) is 11.8 Å². The molecule has 0 amide bonds. The molecule has 0 aliphatic heterocycles. The average molecular weight is 182 g/mol. The van der Waals surface area contributed by atoms with Crippen LogP contribution in [0.4, 0.5) is 3.89 Å². The molecule has 10 heavy (non-hydrogen) atoms. The molecular weight excluding hydrogens is 167 g/mol. The van der Waals surface area contributed by atoms with E-state index in [9.17, 15) is 3.89 Å². The molecule has 0 spiro atoms. The average Bonchev–Trinajstić information content (AvgIpc) is 1.87. The minimum absolute atomic E-state index is 0.372. The second-order valence-corrected chi connectivity index (χ2v) is 4.98. The minimum atomic E-state index is 0.372. The van der Waals surface area contributed by atoms with Crippen molar-refractivity contribution in [3.63, 3.8) is 0 Å². The normalized spacial score (nSPS) is 17.4. The highest BCUT2D eigenvalue weighted by Crippen LogP contribution is 2.34. The third-order valence-electron chi connectivity index (χ3n) is 1.98. The maximum atomic E-state index is 11.7. The van der Waals surface area contributed by atoms with E-state index in [2.05, 4.69) is 27.7 Å². The van der Waals surface area contributed by atoms with Crippen LogP contribution < -0.4 is 0 Å². The molecule has 3 heteroatoms. The van der Waals surface area contributed by atoms with E-state index >= 15 is 0 Å². The summed E-state index contributed by atoms with van der Waals surface area (Å²) in [6.45, 7) is 8.58. The summed E-state index contributed by atoms with van der Waals surface area (Å²) in [5.41, 5.74) is 0. The molecule has 0 aromatic carbocycles. The zero-order chi connectivity index (χ0) is 8.15. The summed E-state index contributed by atoms with van der Waals surface area (Å²) in [5, 5.41) is 0.412. The molecule has 0 aromatic rings. The lowest BCUT2D eigenvalue weighted by Crippen LogP contribution is -2.14. The van der Waals surface area contributed by atoms with Crippen LogP contribution in [0, 0.1) is 11.8 Å². The molecule has 62 valence electrons. The standard InChI is InChI=1S/C7H15FS2/c1-5(2)6(3)7(4)9-10-8/h5-7H,1-4H3. The van der Waals surface area contributed by atoms with Crippen molar-refractivity contribution in [1.29, 1.82) is 0 Å². The van der Waals surface area contributed by atoms with Gasteiger partial charge in [-0.25, -0.2) is 0 Å². The molecule has 0 saturated carbocycles. The van der Waals surface area contributed by atoms with Crippen molar-refractivity contribution in [2.24, 2.45) is 11.8 Å². The van der Waals surface area contributed by atoms with Crippen LogP contribution in [0.5, 0.6) is 0 Å². The van der Waals surface area contributed by atoms with Gasteiger partial charge in [-0.15, -0.1) is 0 Å². The topological polar surface area (TPSA) is 0 Å². The molecule has 0 saturated heterocycles. The molecule has 0 nitrogen and oxygen atoms in total. The summed E-state index contributed by atoms with van der Waals surface area (Å²) in [4.78, 5) is 0. The van der Waals surface area contributed by atoms with Crippen LogP contribution in [0.25, 0.3) is 0 Å². The van der Waals surface area contributed by atoms with Gasteiger partial charge in [-0.1, -0.05) is 38.5 Å². The fourth-order valence-electron chi connectivity index (χ4n) is 0.687. The fourth-order valence-corrected chi connectivity index (χ4v) is 2.16. The second kappa shape index (κ2) is 5.30. The molecule has 0 fully saturated rings. The van der Waals surface area contributed by atoms with Gasteiger partial charge in [0.2, 0.25) is 0 Å². The summed E-state index contributed by atoms with van der Waals surface area (Å²) in [6.07, 6.45) is 0. The molecule has 0 N–H and O–H groups in total. The third kappa shape index (κ3) is 3.71. The van der Waals surface area contributed by atoms with Gasteiger partial charge in [0.05, 0.1) is 0 Å². The maximum Gasteiger partial charge on any atom is 0.115 e. The summed E-state index contributed by atoms with van der Waals surface area (Å²) in [5.74, 6) is 1.24. The monoisotopic (exact) mass is 182 g/mol. The van der Waals surface area contributed by atoms with Gasteiger partial charge < -0.3 is 0 Å². The minimum Gasteiger partial charge on any atom is -0.153 e. The zero-order valence-electron chi connectivity index (χ0n) is 6.93. The maximum absolute atomic E-state index is 11.7. The van der Waals surface area contributed by atoms with Crippen molar-refractivity contribution in [1.82, 2.24) is 0 Å². The molecule has 0 aromatic heterocycles. The van der Waals surface area contributed by atoms with Crippen LogP contribution in [0.3, 0.4) is 0 Å². The van der Waals surface area contributed by atoms with Gasteiger partial charge in [0.1, 0.15) is 11.2 Å². The Hall–Kier alpha value is 0.630. The van der Waals surface area contributed by atoms with Gasteiger partial charge in [-0.2, -0.15) is 3.89 Å². The molecular formula is C7H15FS2. The van der Waals surface area contributed by atoms with Crippen molar-refractivity contribution in [3.05, 3.63) is 0 Å². The summed E-state index contributed by atoms with van der Waals surface area (Å²) < 4.78 is 11.7. The lowest BCUT2D eigenvalue weighted by Gasteiger charge is -2.20. The van der Waals surface area contributed by atoms with Gasteiger partial charge in [-0.3, -0.25) is 0 Å². The highest BCUT2D eigenvalue weighted by molar-refractivity contribution is 8.75. The highest BCUT2D eigenvalue weighted by atomic mass is 33.1. The first kappa shape index (κ1) is 10.6. The molecule has 0 radical (unpaired) electrons. The van der Waals surface area contributed by atoms with E-state index in [0.29, 0.717) is 28.3 Å². The molecule has 2 atom stereocenters. The van der Waals surface area contributed by atoms with E-state index in [1.807, 2.05) is 0 Å². The highest BCUT2D eigenvalue weighted by Gasteiger charge is 2.16. The molecule has 0 bridgehead atoms. The van der Waals surface area contributed by atoms with Crippen LogP contribution >= 0.6 is 22.0 Å². The van der Waals surface area contributed by atoms with Crippen LogP contribution in [0.2, 0.25) is 0 Å². The first-order chi connectivity index (χ1) is 4.59. The first-order valence-corrected chi connectivity index (χ1v) is 5.65. The van der Waals surface area contributed by atoms with Crippen molar-refractivity contribution in [3.8, 4) is 0 Å². The molecule has 0 aliphatic rings. The van der Waals surface area contributed by atoms with E-state index in [1.165, 1.54) is 10.8 Å². The Morgan fingerprint density at radius 2 is 1.60 bits per heavy atom. The molecule has 0 heterocycles. The number of hydrogen-bond acceptors (Lipinski definition) is 2. The van der Waals surface area contributed by atoms with Crippen molar-refractivity contribution < 1.29 is 3.89 Å². The summed E-state index contributed by atoms with van der Waals surface area (Å²) >= 11 is 0.372. The van der Waals surface area contributed by atoms with Gasteiger partial charge in [0, 0.05) is 5.25 Å². The SMILES string of the molecule is CC(C)C(C)C(C)SSF. The zero-order valence-corrected chi connectivity index (χ0v) is 8.56. The Morgan fingerprint density at radius 1 is 1.10 bits per heavy atom. The quantitative estimate of drug-likeness (QED) is 0.604. The lowest BCUT2D eigenvalue weighted by atomic mass is 9.95. The Balaban J connectivity index is 3.58. The van der Waals surface area contributed by atoms with E-state index in [0.717, 1.165) is 0 Å². The summed E-state index contributed by atoms with van der Waals surface area (Å²) in [7, 11) is 1.32. The summed E-state index contributed by atoms with van der Waals surface area (Å²) in [6, 6.07) is 0. The number of hydrogen-bond donors (Lipinski definition) is 0. The predicted octanol–water partition coefficient (Wildman–Crippen LogP) is 3.93. The van der Waals surface area contributed by atoms with E-state index in [-0.39, 0.29) is 0 Å². The number of halogens is 1. The van der Waals surface area contributed by atoms with Crippen LogP contribution in [-0.2, 0) is 0 Å². The van der Waals surface area contributed by atoms with Gasteiger partial charge in [0.15, 0.2) is 0 Å². The van der Waals surface area contributed by atoms with E-state index < -0.39 is 0 Å². The third-order valence-corrected chi connectivity index (χ3v) is 3.91. The molecule has 2 unspecified atom stereocenters. The lowest BCUT2D eigenvalue weighted by molar-refractivity contribution is 0.418. The number of rotatable bonds is 4. The first-order valence-electron chi connectivity index (χ1n) is 3.53. The Labute approximate surface area is 71.0 Å². The van der Waals surface area contributed by atoms with E-state index in [4.69, 9.17) is 0 Å². The fraction of sp³-hybridized carbons (Fsp3) is 1.00. The van der Waals surface area contributed by atoms with E-state index in [1.54, 1.807) is 0 Å². The Bertz CT molecular complexity index is 85.7.